The minimum atomic E-state index is -4.48. The van der Waals surface area contributed by atoms with Crippen LogP contribution in [0.3, 0.4) is 0 Å². The van der Waals surface area contributed by atoms with E-state index in [4.69, 9.17) is 26.2 Å². The zero-order chi connectivity index (χ0) is 30.2. The third-order valence-corrected chi connectivity index (χ3v) is 8.09. The van der Waals surface area contributed by atoms with Crippen LogP contribution in [0.1, 0.15) is 23.6 Å². The highest BCUT2D eigenvalue weighted by Crippen LogP contribution is 2.48. The Morgan fingerprint density at radius 2 is 1.86 bits per heavy atom. The van der Waals surface area contributed by atoms with Crippen molar-refractivity contribution in [3.63, 3.8) is 0 Å². The van der Waals surface area contributed by atoms with Crippen LogP contribution in [0.2, 0.25) is 5.02 Å². The van der Waals surface area contributed by atoms with Crippen molar-refractivity contribution in [1.82, 2.24) is 0 Å². The first kappa shape index (κ1) is 29.8. The van der Waals surface area contributed by atoms with Crippen molar-refractivity contribution < 1.29 is 41.7 Å². The van der Waals surface area contributed by atoms with E-state index in [2.05, 4.69) is 5.32 Å². The van der Waals surface area contributed by atoms with E-state index < -0.39 is 41.6 Å². The van der Waals surface area contributed by atoms with E-state index in [9.17, 15) is 27.2 Å². The number of carbonyl (C=O) groups is 2. The molecular weight excluding hydrogens is 600 g/mol. The second-order valence-electron chi connectivity index (χ2n) is 10.0. The molecule has 13 heteroatoms. The highest BCUT2D eigenvalue weighted by Gasteiger charge is 2.61. The minimum Gasteiger partial charge on any atom is -0.497 e. The fraction of sp³-hybridized carbons (Fsp3) is 0.310. The van der Waals surface area contributed by atoms with Gasteiger partial charge in [-0.2, -0.15) is 13.2 Å². The number of carboxylic acid groups (broad SMARTS) is 1. The molecule has 5 rings (SSSR count). The molecule has 0 radical (unpaired) electrons. The summed E-state index contributed by atoms with van der Waals surface area (Å²) in [5, 5.41) is 12.7. The Hall–Kier alpha value is -3.64. The summed E-state index contributed by atoms with van der Waals surface area (Å²) in [5.41, 5.74) is -4.39. The number of nitrogens with one attached hydrogen (secondary N) is 1. The van der Waals surface area contributed by atoms with Gasteiger partial charge in [0.15, 0.2) is 5.67 Å². The maximum absolute atomic E-state index is 14.7. The van der Waals surface area contributed by atoms with Crippen molar-refractivity contribution in [2.24, 2.45) is 5.92 Å². The molecule has 1 aliphatic carbocycles. The van der Waals surface area contributed by atoms with Crippen molar-refractivity contribution >= 4 is 46.6 Å². The van der Waals surface area contributed by atoms with Gasteiger partial charge in [0, 0.05) is 52.5 Å². The number of fused-ring (bicyclic) bond motifs is 1. The molecule has 1 saturated carbocycles. The molecule has 3 aromatic carbocycles. The number of ether oxygens (including phenoxy) is 2. The summed E-state index contributed by atoms with van der Waals surface area (Å²) in [5.74, 6) is -2.26. The van der Waals surface area contributed by atoms with Gasteiger partial charge in [-0.3, -0.25) is 9.59 Å². The number of hydrogen-bond acceptors (Lipinski definition) is 6. The second kappa shape index (κ2) is 11.6. The molecule has 3 atom stereocenters. The first-order valence-corrected chi connectivity index (χ1v) is 14.0. The maximum atomic E-state index is 14.7. The molecule has 1 amide bonds. The van der Waals surface area contributed by atoms with E-state index in [0.29, 0.717) is 34.1 Å². The van der Waals surface area contributed by atoms with Gasteiger partial charge in [0.25, 0.3) is 5.91 Å². The molecule has 7 nitrogen and oxygen atoms in total. The van der Waals surface area contributed by atoms with Gasteiger partial charge in [-0.15, -0.1) is 0 Å². The summed E-state index contributed by atoms with van der Waals surface area (Å²) in [7, 11) is 1.42. The highest BCUT2D eigenvalue weighted by atomic mass is 35.5. The molecule has 3 aromatic rings. The van der Waals surface area contributed by atoms with Gasteiger partial charge in [-0.25, -0.2) is 4.39 Å². The number of carboxylic acids is 1. The van der Waals surface area contributed by atoms with Gasteiger partial charge in [-0.1, -0.05) is 29.8 Å². The number of thioether (sulfide) groups is 1. The molecule has 0 saturated heterocycles. The number of aliphatic carboxylic acids is 1. The number of carbonyl (C=O) groups excluding carboxylic acids is 1. The first-order valence-electron chi connectivity index (χ1n) is 12.8. The van der Waals surface area contributed by atoms with Gasteiger partial charge in [-0.05, 0) is 53.6 Å². The van der Waals surface area contributed by atoms with Crippen LogP contribution < -0.4 is 19.7 Å². The lowest BCUT2D eigenvalue weighted by Gasteiger charge is -2.27. The molecule has 1 aliphatic heterocycles. The van der Waals surface area contributed by atoms with Crippen molar-refractivity contribution in [2.75, 3.05) is 30.5 Å². The van der Waals surface area contributed by atoms with E-state index in [-0.39, 0.29) is 35.4 Å². The zero-order valence-electron chi connectivity index (χ0n) is 22.1. The Labute approximate surface area is 247 Å². The maximum Gasteiger partial charge on any atom is 0.446 e. The van der Waals surface area contributed by atoms with Crippen LogP contribution >= 0.6 is 23.4 Å². The van der Waals surface area contributed by atoms with Gasteiger partial charge < -0.3 is 24.8 Å². The van der Waals surface area contributed by atoms with Crippen molar-refractivity contribution in [3.05, 3.63) is 76.8 Å². The summed E-state index contributed by atoms with van der Waals surface area (Å²) in [6, 6.07) is 14.5. The number of alkyl halides is 4. The SMILES string of the molecule is COc1cc(NC(C(=O)N2CCc3ccc(SC(F)(F)F)cc32)c2ccc(Cl)cc2)cc(OCC2(F)CC2C(=O)O)c1. The predicted molar refractivity (Wildman–Crippen MR) is 150 cm³/mol. The number of nitrogens with zero attached hydrogens (tertiary/aromatic N) is 1. The molecule has 0 bridgehead atoms. The summed E-state index contributed by atoms with van der Waals surface area (Å²) in [6.45, 7) is -0.200. The molecule has 2 aliphatic rings. The number of hydrogen-bond donors (Lipinski definition) is 2. The van der Waals surface area contributed by atoms with Crippen LogP contribution in [-0.4, -0.2) is 48.4 Å². The molecule has 0 spiro atoms. The lowest BCUT2D eigenvalue weighted by atomic mass is 10.0. The number of halogens is 5. The molecule has 3 unspecified atom stereocenters. The number of methoxy groups -OCH3 is 1. The molecule has 42 heavy (non-hydrogen) atoms. The summed E-state index contributed by atoms with van der Waals surface area (Å²) in [6.07, 6.45) is 0.329. The van der Waals surface area contributed by atoms with Gasteiger partial charge in [0.05, 0.1) is 13.0 Å². The van der Waals surface area contributed by atoms with Crippen LogP contribution in [0.15, 0.2) is 65.6 Å². The van der Waals surface area contributed by atoms with Crippen molar-refractivity contribution in [3.8, 4) is 11.5 Å². The topological polar surface area (TPSA) is 88.1 Å². The number of benzene rings is 3. The summed E-state index contributed by atoms with van der Waals surface area (Å²) < 4.78 is 64.8. The summed E-state index contributed by atoms with van der Waals surface area (Å²) in [4.78, 5) is 26.6. The largest absolute Gasteiger partial charge is 0.497 e. The lowest BCUT2D eigenvalue weighted by molar-refractivity contribution is -0.139. The fourth-order valence-electron chi connectivity index (χ4n) is 4.86. The number of rotatable bonds is 10. The lowest BCUT2D eigenvalue weighted by Crippen LogP contribution is -2.37. The smallest absolute Gasteiger partial charge is 0.446 e. The van der Waals surface area contributed by atoms with Crippen LogP contribution in [0.4, 0.5) is 28.9 Å². The third kappa shape index (κ3) is 6.70. The highest BCUT2D eigenvalue weighted by molar-refractivity contribution is 8.00. The van der Waals surface area contributed by atoms with E-state index in [0.717, 1.165) is 5.56 Å². The average Bonchev–Trinajstić information content (AvgIpc) is 3.45. The fourth-order valence-corrected chi connectivity index (χ4v) is 5.56. The number of anilines is 2. The molecule has 1 fully saturated rings. The third-order valence-electron chi connectivity index (χ3n) is 7.11. The average molecular weight is 625 g/mol. The molecule has 0 aromatic heterocycles. The molecule has 2 N–H and O–H groups in total. The Balaban J connectivity index is 1.43. The Bertz CT molecular complexity index is 1510. The standard InChI is InChI=1S/C29H25ClF4N2O5S/c1-40-20-10-19(11-21(12-20)41-15-28(31)14-23(28)27(38)39)35-25(17-2-5-18(30)6-3-17)26(37)36-9-8-16-4-7-22(13-24(16)36)42-29(32,33)34/h2-7,10-13,23,25,35H,8-9,14-15H2,1H3,(H,38,39). The zero-order valence-corrected chi connectivity index (χ0v) is 23.7. The van der Waals surface area contributed by atoms with Crippen LogP contribution in [-0.2, 0) is 16.0 Å². The molecule has 1 heterocycles. The monoisotopic (exact) mass is 624 g/mol. The summed E-state index contributed by atoms with van der Waals surface area (Å²) >= 11 is 5.83. The molecule has 222 valence electrons. The van der Waals surface area contributed by atoms with Crippen LogP contribution in [0, 0.1) is 5.92 Å². The number of amides is 1. The molecular formula is C29H25ClF4N2O5S. The minimum absolute atomic E-state index is 0.0297. The second-order valence-corrected chi connectivity index (χ2v) is 11.6. The normalized spacial score (nSPS) is 20.0. The van der Waals surface area contributed by atoms with E-state index in [1.54, 1.807) is 36.4 Å². The van der Waals surface area contributed by atoms with Gasteiger partial charge in [0.2, 0.25) is 0 Å². The van der Waals surface area contributed by atoms with Crippen LogP contribution in [0.25, 0.3) is 0 Å². The van der Waals surface area contributed by atoms with E-state index >= 15 is 0 Å². The quantitative estimate of drug-likeness (QED) is 0.188. The Morgan fingerprint density at radius 1 is 1.14 bits per heavy atom. The predicted octanol–water partition coefficient (Wildman–Crippen LogP) is 6.89. The van der Waals surface area contributed by atoms with Gasteiger partial charge in [0.1, 0.15) is 24.1 Å². The van der Waals surface area contributed by atoms with E-state index in [1.807, 2.05) is 0 Å². The van der Waals surface area contributed by atoms with Crippen molar-refractivity contribution in [2.45, 2.75) is 35.0 Å². The Morgan fingerprint density at radius 3 is 2.50 bits per heavy atom. The van der Waals surface area contributed by atoms with E-state index in [1.165, 1.54) is 36.3 Å². The Kier molecular flexibility index (Phi) is 8.21. The van der Waals surface area contributed by atoms with Crippen LogP contribution in [0.5, 0.6) is 11.5 Å². The first-order chi connectivity index (χ1) is 19.8. The van der Waals surface area contributed by atoms with Crippen molar-refractivity contribution in [1.29, 1.82) is 0 Å². The van der Waals surface area contributed by atoms with Gasteiger partial charge >= 0.3 is 11.5 Å².